The van der Waals surface area contributed by atoms with Crippen LogP contribution in [0.1, 0.15) is 238 Å². The second kappa shape index (κ2) is 32.3. The maximum Gasteiger partial charge on any atom is 0.273 e. The molecular weight excluding hydrogens is 1120 g/mol. The van der Waals surface area contributed by atoms with E-state index in [0.29, 0.717) is 28.9 Å². The third kappa shape index (κ3) is 27.1. The van der Waals surface area contributed by atoms with E-state index >= 15 is 0 Å². The number of oxazole rings is 2. The van der Waals surface area contributed by atoms with Gasteiger partial charge in [0.2, 0.25) is 5.91 Å². The van der Waals surface area contributed by atoms with Crippen LogP contribution in [0.15, 0.2) is 79.3 Å². The highest BCUT2D eigenvalue weighted by Gasteiger charge is 2.27. The SMILES string of the molecule is C#Cc1cc(C(C)(C)C)on1.C#Cc1cc(C(C)(C)C)sn1.C#Cc1ccn(C(C)(C)C)n1.C#Cc1nc(C(C)(C)C)co1.C#Cc1ncc(C(C)(C)C)o1.C#Cc1ncc(C(C)(C)C)s1.C#Cc1nocc1C(C)(C)C.CC(C)(C)N1CC=CC1=O. The summed E-state index contributed by atoms with van der Waals surface area (Å²) in [6.07, 6.45) is 48.3. The summed E-state index contributed by atoms with van der Waals surface area (Å²) in [5, 5.41) is 12.3. The predicted molar refractivity (Wildman–Crippen MR) is 356 cm³/mol. The number of nitrogens with zero attached hydrogens (tertiary/aromatic N) is 9. The molecule has 0 unspecified atom stereocenters. The van der Waals surface area contributed by atoms with Crippen LogP contribution >= 0.6 is 22.9 Å². The van der Waals surface area contributed by atoms with Crippen LogP contribution in [0.5, 0.6) is 0 Å². The third-order valence-electron chi connectivity index (χ3n) is 11.5. The van der Waals surface area contributed by atoms with E-state index in [9.17, 15) is 4.79 Å². The number of aromatic nitrogens is 8. The van der Waals surface area contributed by atoms with Gasteiger partial charge in [-0.3, -0.25) is 9.48 Å². The smallest absolute Gasteiger partial charge is 0.273 e. The van der Waals surface area contributed by atoms with Gasteiger partial charge in [0.1, 0.15) is 35.4 Å². The van der Waals surface area contributed by atoms with E-state index in [1.54, 1.807) is 42.2 Å². The summed E-state index contributed by atoms with van der Waals surface area (Å²) in [5.74, 6) is 19.6. The van der Waals surface area contributed by atoms with Gasteiger partial charge in [-0.05, 0) is 123 Å². The number of amides is 1. The lowest BCUT2D eigenvalue weighted by Crippen LogP contribution is -2.42. The molecule has 0 saturated carbocycles. The molecule has 16 heteroatoms. The van der Waals surface area contributed by atoms with Crippen molar-refractivity contribution < 1.29 is 22.7 Å². The van der Waals surface area contributed by atoms with Gasteiger partial charge in [0.25, 0.3) is 11.8 Å². The minimum absolute atomic E-state index is 0.0118. The molecule has 1 aliphatic heterocycles. The fourth-order valence-electron chi connectivity index (χ4n) is 6.14. The quantitative estimate of drug-likeness (QED) is 0.132. The van der Waals surface area contributed by atoms with Gasteiger partial charge >= 0.3 is 0 Å². The van der Waals surface area contributed by atoms with E-state index in [4.69, 9.17) is 62.8 Å². The number of thiazole rings is 1. The number of rotatable bonds is 0. The first-order chi connectivity index (χ1) is 39.8. The van der Waals surface area contributed by atoms with E-state index in [1.165, 1.54) is 21.3 Å². The Morgan fingerprint density at radius 1 is 0.552 bits per heavy atom. The van der Waals surface area contributed by atoms with Crippen molar-refractivity contribution in [3.63, 3.8) is 0 Å². The van der Waals surface area contributed by atoms with Gasteiger partial charge in [-0.1, -0.05) is 141 Å². The molecule has 14 nitrogen and oxygen atoms in total. The molecule has 0 aromatic carbocycles. The van der Waals surface area contributed by atoms with E-state index in [2.05, 4.69) is 180 Å². The van der Waals surface area contributed by atoms with Crippen molar-refractivity contribution in [2.24, 2.45) is 0 Å². The van der Waals surface area contributed by atoms with E-state index in [1.807, 2.05) is 102 Å². The van der Waals surface area contributed by atoms with Crippen molar-refractivity contribution in [3.05, 3.63) is 134 Å². The molecule has 0 spiro atoms. The first-order valence-electron chi connectivity index (χ1n) is 27.9. The largest absolute Gasteiger partial charge is 0.438 e. The van der Waals surface area contributed by atoms with Gasteiger partial charge in [-0.25, -0.2) is 15.0 Å². The maximum absolute atomic E-state index is 11.1. The Bertz CT molecular complexity index is 3120. The average molecular weight is 1210 g/mol. The molecule has 7 aromatic rings. The normalized spacial score (nSPS) is 12.0. The summed E-state index contributed by atoms with van der Waals surface area (Å²) in [4.78, 5) is 27.5. The topological polar surface area (TPSA) is 168 Å². The van der Waals surface area contributed by atoms with Gasteiger partial charge in [0.15, 0.2) is 16.4 Å². The minimum Gasteiger partial charge on any atom is -0.438 e. The Balaban J connectivity index is 0.000000497. The molecular formula is C71H91N9O5S2. The Kier molecular flexibility index (Phi) is 28.3. The van der Waals surface area contributed by atoms with Crippen LogP contribution in [0, 0.1) is 86.4 Å². The fourth-order valence-corrected chi connectivity index (χ4v) is 7.67. The second-order valence-corrected chi connectivity index (χ2v) is 29.5. The Hall–Kier alpha value is -8.56. The third-order valence-corrected chi connectivity index (χ3v) is 14.1. The average Bonchev–Trinajstić information content (AvgIpc) is 4.34. The van der Waals surface area contributed by atoms with Crippen LogP contribution in [0.2, 0.25) is 0 Å². The Morgan fingerprint density at radius 2 is 1.13 bits per heavy atom. The molecule has 1 aliphatic rings. The maximum atomic E-state index is 11.1. The molecule has 0 radical (unpaired) electrons. The van der Waals surface area contributed by atoms with Crippen molar-refractivity contribution in [3.8, 4) is 86.4 Å². The van der Waals surface area contributed by atoms with Crippen molar-refractivity contribution in [2.45, 2.75) is 210 Å². The zero-order chi connectivity index (χ0) is 67.2. The second-order valence-electron chi connectivity index (χ2n) is 27.7. The number of terminal acetylenes is 7. The first-order valence-corrected chi connectivity index (χ1v) is 29.5. The number of carbonyl (C=O) groups is 1. The van der Waals surface area contributed by atoms with Gasteiger partial charge in [-0.15, -0.1) is 56.3 Å². The summed E-state index contributed by atoms with van der Waals surface area (Å²) in [6.45, 7) is 50.7. The summed E-state index contributed by atoms with van der Waals surface area (Å²) in [5.41, 5.74) is 4.84. The molecule has 0 N–H and O–H groups in total. The van der Waals surface area contributed by atoms with Gasteiger partial charge in [-0.2, -0.15) is 9.47 Å². The molecule has 0 atom stereocenters. The summed E-state index contributed by atoms with van der Waals surface area (Å²) in [7, 11) is 0. The van der Waals surface area contributed by atoms with Crippen molar-refractivity contribution >= 4 is 28.8 Å². The summed E-state index contributed by atoms with van der Waals surface area (Å²) >= 11 is 3.08. The number of hydrogen-bond donors (Lipinski definition) is 0. The predicted octanol–water partition coefficient (Wildman–Crippen LogP) is 15.5. The Morgan fingerprint density at radius 3 is 1.40 bits per heavy atom. The van der Waals surface area contributed by atoms with E-state index in [-0.39, 0.29) is 49.5 Å². The first kappa shape index (κ1) is 76.5. The molecule has 0 aliphatic carbocycles. The van der Waals surface area contributed by atoms with Crippen molar-refractivity contribution in [1.82, 2.24) is 44.3 Å². The van der Waals surface area contributed by atoms with E-state index < -0.39 is 0 Å². The van der Waals surface area contributed by atoms with Crippen LogP contribution in [0.3, 0.4) is 0 Å². The molecule has 7 aromatic heterocycles. The number of carbonyl (C=O) groups excluding carboxylic acids is 1. The molecule has 8 rings (SSSR count). The summed E-state index contributed by atoms with van der Waals surface area (Å²) in [6, 6.07) is 5.61. The van der Waals surface area contributed by atoms with Crippen LogP contribution in [-0.2, 0) is 42.8 Å². The highest BCUT2D eigenvalue weighted by molar-refractivity contribution is 7.12. The fraction of sp³-hybridized carbons (Fsp3) is 0.465. The highest BCUT2D eigenvalue weighted by Crippen LogP contribution is 2.29. The van der Waals surface area contributed by atoms with Crippen LogP contribution in [0.4, 0.5) is 0 Å². The molecule has 87 heavy (non-hydrogen) atoms. The van der Waals surface area contributed by atoms with Crippen molar-refractivity contribution in [1.29, 1.82) is 0 Å². The van der Waals surface area contributed by atoms with Gasteiger partial charge in [0, 0.05) is 68.2 Å². The Labute approximate surface area is 529 Å². The standard InChI is InChI=1S/C9H12N2.4C9H11NO.2C9H11NS.C8H13NO/c1-5-8-6-7-11(10-8)9(2,3)4;1-5-8-10-7(6-11-8)9(2,3)4;1-5-8-10-6-7(11-8)9(2,3)4;1-5-8-7(6-11-10-8)9(2,3)4;1-5-7-6-8(11-10-7)9(2,3)4;1-5-8-10-6-7(11-8)9(2,3)4;1-5-7-6-8(11-10-7)9(2,3)4;1-8(2,3)9-6-4-5-7(9)10/h1,6-7H,2-4H3;6*1,6H,2-4H3;4-5H,6H2,1-3H3. The zero-order valence-corrected chi connectivity index (χ0v) is 57.5. The van der Waals surface area contributed by atoms with Crippen molar-refractivity contribution in [2.75, 3.05) is 6.54 Å². The molecule has 8 heterocycles. The highest BCUT2D eigenvalue weighted by atomic mass is 32.1. The number of hydrogen-bond acceptors (Lipinski definition) is 14. The monoisotopic (exact) mass is 1210 g/mol. The lowest BCUT2D eigenvalue weighted by Gasteiger charge is -2.31. The molecule has 0 saturated heterocycles. The molecule has 0 bridgehead atoms. The minimum atomic E-state index is -0.0272. The van der Waals surface area contributed by atoms with Gasteiger partial charge in [0.05, 0.1) is 17.4 Å². The lowest BCUT2D eigenvalue weighted by molar-refractivity contribution is -0.128. The zero-order valence-electron chi connectivity index (χ0n) is 55.9. The van der Waals surface area contributed by atoms with Crippen LogP contribution < -0.4 is 0 Å². The molecule has 462 valence electrons. The molecule has 0 fully saturated rings. The van der Waals surface area contributed by atoms with Crippen LogP contribution in [-0.4, -0.2) is 62.3 Å². The van der Waals surface area contributed by atoms with E-state index in [0.717, 1.165) is 40.0 Å². The summed E-state index contributed by atoms with van der Waals surface area (Å²) < 4.78 is 26.0. The molecule has 1 amide bonds. The van der Waals surface area contributed by atoms with Gasteiger partial charge < -0.3 is 22.8 Å². The lowest BCUT2D eigenvalue weighted by atomic mass is 9.88. The van der Waals surface area contributed by atoms with Crippen LogP contribution in [0.25, 0.3) is 0 Å².